The Morgan fingerprint density at radius 3 is 2.62 bits per heavy atom. The van der Waals surface area contributed by atoms with Crippen LogP contribution in [0.1, 0.15) is 12.6 Å². The lowest BCUT2D eigenvalue weighted by molar-refractivity contribution is -0.139. The molecule has 1 heterocycles. The number of nitrogens with one attached hydrogen (secondary N) is 1. The van der Waals surface area contributed by atoms with Crippen LogP contribution in [-0.4, -0.2) is 23.3 Å². The first-order chi connectivity index (χ1) is 11.7. The van der Waals surface area contributed by atoms with Crippen LogP contribution < -0.4 is 5.32 Å². The maximum atomic E-state index is 11.7. The van der Waals surface area contributed by atoms with E-state index < -0.39 is 0 Å². The van der Waals surface area contributed by atoms with Gasteiger partial charge in [0.1, 0.15) is 11.6 Å². The maximum absolute atomic E-state index is 11.7. The van der Waals surface area contributed by atoms with Gasteiger partial charge in [0, 0.05) is 11.9 Å². The maximum Gasteiger partial charge on any atom is 0.316 e. The minimum atomic E-state index is -0.326. The second-order valence-corrected chi connectivity index (χ2v) is 5.60. The van der Waals surface area contributed by atoms with E-state index in [-0.39, 0.29) is 11.7 Å². The van der Waals surface area contributed by atoms with Gasteiger partial charge in [-0.15, -0.1) is 0 Å². The van der Waals surface area contributed by atoms with Crippen LogP contribution in [0.2, 0.25) is 0 Å². The fourth-order valence-electron chi connectivity index (χ4n) is 1.89. The fourth-order valence-corrected chi connectivity index (χ4v) is 2.72. The standard InChI is InChI=1S/C18H17N3O2S/c1-2-23-17(22)13-24-18(21-14-8-4-3-5-9-14)15(12-19)16-10-6-7-11-20-16/h3-11,21H,2,13H2,1H3/b18-15+. The van der Waals surface area contributed by atoms with Crippen molar-refractivity contribution in [2.45, 2.75) is 6.92 Å². The summed E-state index contributed by atoms with van der Waals surface area (Å²) in [5.74, 6) is -0.214. The SMILES string of the molecule is CCOC(=O)CS/C(Nc1ccccc1)=C(\C#N)c1ccccn1. The van der Waals surface area contributed by atoms with Crippen LogP contribution in [0.15, 0.2) is 59.8 Å². The molecule has 0 bridgehead atoms. The van der Waals surface area contributed by atoms with Gasteiger partial charge in [0.2, 0.25) is 0 Å². The van der Waals surface area contributed by atoms with E-state index in [1.54, 1.807) is 25.3 Å². The summed E-state index contributed by atoms with van der Waals surface area (Å²) < 4.78 is 4.95. The molecule has 1 aromatic carbocycles. The number of pyridine rings is 1. The Balaban J connectivity index is 2.31. The smallest absolute Gasteiger partial charge is 0.316 e. The first-order valence-corrected chi connectivity index (χ1v) is 8.39. The highest BCUT2D eigenvalue weighted by molar-refractivity contribution is 8.04. The van der Waals surface area contributed by atoms with E-state index in [4.69, 9.17) is 4.74 Å². The van der Waals surface area contributed by atoms with Crippen LogP contribution in [0.3, 0.4) is 0 Å². The number of hydrogen-bond acceptors (Lipinski definition) is 6. The number of nitriles is 1. The number of esters is 1. The van der Waals surface area contributed by atoms with Crippen molar-refractivity contribution in [2.75, 3.05) is 17.7 Å². The largest absolute Gasteiger partial charge is 0.465 e. The number of aromatic nitrogens is 1. The van der Waals surface area contributed by atoms with Crippen LogP contribution in [-0.2, 0) is 9.53 Å². The number of allylic oxidation sites excluding steroid dienone is 1. The van der Waals surface area contributed by atoms with Crippen molar-refractivity contribution in [3.05, 3.63) is 65.5 Å². The van der Waals surface area contributed by atoms with Crippen molar-refractivity contribution in [2.24, 2.45) is 0 Å². The zero-order valence-electron chi connectivity index (χ0n) is 13.2. The molecule has 2 aromatic rings. The summed E-state index contributed by atoms with van der Waals surface area (Å²) in [6.45, 7) is 2.09. The normalized spacial score (nSPS) is 11.2. The second-order valence-electron chi connectivity index (χ2n) is 4.62. The average molecular weight is 339 g/mol. The third kappa shape index (κ3) is 5.14. The molecular weight excluding hydrogens is 322 g/mol. The van der Waals surface area contributed by atoms with Gasteiger partial charge in [-0.1, -0.05) is 36.0 Å². The lowest BCUT2D eigenvalue weighted by Crippen LogP contribution is -2.09. The average Bonchev–Trinajstić information content (AvgIpc) is 2.62. The molecule has 1 aromatic heterocycles. The predicted octanol–water partition coefficient (Wildman–Crippen LogP) is 3.68. The van der Waals surface area contributed by atoms with Gasteiger partial charge in [-0.2, -0.15) is 5.26 Å². The molecule has 0 fully saturated rings. The highest BCUT2D eigenvalue weighted by atomic mass is 32.2. The number of benzene rings is 1. The Bertz CT molecular complexity index is 740. The van der Waals surface area contributed by atoms with Crippen LogP contribution in [0.5, 0.6) is 0 Å². The zero-order valence-corrected chi connectivity index (χ0v) is 14.0. The summed E-state index contributed by atoms with van der Waals surface area (Å²) in [6.07, 6.45) is 1.63. The molecule has 5 nitrogen and oxygen atoms in total. The van der Waals surface area contributed by atoms with Gasteiger partial charge < -0.3 is 10.1 Å². The molecule has 0 aliphatic rings. The second kappa shape index (κ2) is 9.38. The summed E-state index contributed by atoms with van der Waals surface area (Å²) in [7, 11) is 0. The lowest BCUT2D eigenvalue weighted by Gasteiger charge is -2.13. The third-order valence-electron chi connectivity index (χ3n) is 2.93. The Kier molecular flexibility index (Phi) is 6.87. The van der Waals surface area contributed by atoms with Gasteiger partial charge >= 0.3 is 5.97 Å². The van der Waals surface area contributed by atoms with Gasteiger partial charge in [-0.25, -0.2) is 0 Å². The highest BCUT2D eigenvalue weighted by Gasteiger charge is 2.14. The molecule has 0 saturated carbocycles. The molecule has 0 unspecified atom stereocenters. The van der Waals surface area contributed by atoms with Crippen molar-refractivity contribution >= 4 is 29.0 Å². The molecule has 0 aliphatic heterocycles. The van der Waals surface area contributed by atoms with Crippen LogP contribution in [0.25, 0.3) is 5.57 Å². The molecule has 0 aliphatic carbocycles. The summed E-state index contributed by atoms with van der Waals surface area (Å²) in [4.78, 5) is 15.9. The summed E-state index contributed by atoms with van der Waals surface area (Å²) >= 11 is 1.22. The van der Waals surface area contributed by atoms with Gasteiger partial charge in [0.05, 0.1) is 23.1 Å². The van der Waals surface area contributed by atoms with Crippen molar-refractivity contribution in [3.8, 4) is 6.07 Å². The monoisotopic (exact) mass is 339 g/mol. The first-order valence-electron chi connectivity index (χ1n) is 7.41. The third-order valence-corrected chi connectivity index (χ3v) is 3.91. The number of carbonyl (C=O) groups excluding carboxylic acids is 1. The minimum Gasteiger partial charge on any atom is -0.465 e. The first kappa shape index (κ1) is 17.6. The molecule has 0 radical (unpaired) electrons. The summed E-state index contributed by atoms with van der Waals surface area (Å²) in [6, 6.07) is 17.0. The molecule has 6 heteroatoms. The number of para-hydroxylation sites is 1. The number of nitrogens with zero attached hydrogens (tertiary/aromatic N) is 2. The molecule has 1 N–H and O–H groups in total. The van der Waals surface area contributed by atoms with E-state index in [1.165, 1.54) is 11.8 Å². The number of thioether (sulfide) groups is 1. The lowest BCUT2D eigenvalue weighted by atomic mass is 10.2. The van der Waals surface area contributed by atoms with Crippen LogP contribution in [0.4, 0.5) is 5.69 Å². The molecule has 0 spiro atoms. The topological polar surface area (TPSA) is 75.0 Å². The van der Waals surface area contributed by atoms with Crippen LogP contribution in [0, 0.1) is 11.3 Å². The Morgan fingerprint density at radius 2 is 2.00 bits per heavy atom. The number of hydrogen-bond donors (Lipinski definition) is 1. The number of anilines is 1. The van der Waals surface area contributed by atoms with Crippen molar-refractivity contribution in [1.29, 1.82) is 5.26 Å². The van der Waals surface area contributed by atoms with Crippen LogP contribution >= 0.6 is 11.8 Å². The Morgan fingerprint density at radius 1 is 1.25 bits per heavy atom. The highest BCUT2D eigenvalue weighted by Crippen LogP contribution is 2.27. The quantitative estimate of drug-likeness (QED) is 0.612. The fraction of sp³-hybridized carbons (Fsp3) is 0.167. The number of ether oxygens (including phenoxy) is 1. The number of carbonyl (C=O) groups is 1. The number of rotatable bonds is 7. The molecule has 0 atom stereocenters. The van der Waals surface area contributed by atoms with E-state index in [9.17, 15) is 10.1 Å². The molecule has 122 valence electrons. The molecular formula is C18H17N3O2S. The van der Waals surface area contributed by atoms with Gasteiger partial charge in [0.25, 0.3) is 0 Å². The summed E-state index contributed by atoms with van der Waals surface area (Å²) in [5, 5.41) is 13.3. The van der Waals surface area contributed by atoms with E-state index in [1.807, 2.05) is 36.4 Å². The Hall–Kier alpha value is -2.78. The van der Waals surface area contributed by atoms with E-state index >= 15 is 0 Å². The van der Waals surface area contributed by atoms with E-state index in [2.05, 4.69) is 16.4 Å². The van der Waals surface area contributed by atoms with Crippen molar-refractivity contribution in [1.82, 2.24) is 4.98 Å². The van der Waals surface area contributed by atoms with Crippen molar-refractivity contribution < 1.29 is 9.53 Å². The van der Waals surface area contributed by atoms with Crippen molar-refractivity contribution in [3.63, 3.8) is 0 Å². The molecule has 24 heavy (non-hydrogen) atoms. The minimum absolute atomic E-state index is 0.112. The molecule has 0 saturated heterocycles. The Labute approximate surface area is 145 Å². The van der Waals surface area contributed by atoms with Gasteiger partial charge in [-0.05, 0) is 31.2 Å². The van der Waals surface area contributed by atoms with Gasteiger partial charge in [-0.3, -0.25) is 9.78 Å². The molecule has 2 rings (SSSR count). The molecule has 0 amide bonds. The summed E-state index contributed by atoms with van der Waals surface area (Å²) in [5.41, 5.74) is 1.76. The van der Waals surface area contributed by atoms with E-state index in [0.717, 1.165) is 5.69 Å². The van der Waals surface area contributed by atoms with Gasteiger partial charge in [0.15, 0.2) is 0 Å². The zero-order chi connectivity index (χ0) is 17.2. The van der Waals surface area contributed by atoms with E-state index in [0.29, 0.717) is 22.9 Å². The predicted molar refractivity (Wildman–Crippen MR) is 95.9 cm³/mol.